The van der Waals surface area contributed by atoms with Crippen molar-refractivity contribution in [3.05, 3.63) is 28.8 Å². The molecule has 0 aliphatic heterocycles. The van der Waals surface area contributed by atoms with Crippen LogP contribution in [-0.2, 0) is 9.84 Å². The Morgan fingerprint density at radius 3 is 2.76 bits per heavy atom. The number of terminal acetylenes is 1. The average molecular weight is 273 g/mol. The van der Waals surface area contributed by atoms with Gasteiger partial charge in [0.15, 0.2) is 9.84 Å². The summed E-state index contributed by atoms with van der Waals surface area (Å²) >= 11 is 5.79. The smallest absolute Gasteiger partial charge is 0.164 e. The van der Waals surface area contributed by atoms with Gasteiger partial charge >= 0.3 is 0 Å². The fourth-order valence-corrected chi connectivity index (χ4v) is 2.21. The first-order chi connectivity index (χ1) is 7.94. The van der Waals surface area contributed by atoms with Gasteiger partial charge in [0.1, 0.15) is 18.1 Å². The summed E-state index contributed by atoms with van der Waals surface area (Å²) in [4.78, 5) is 0. The molecule has 0 radical (unpaired) electrons. The van der Waals surface area contributed by atoms with Crippen LogP contribution in [0.15, 0.2) is 18.2 Å². The maximum absolute atomic E-state index is 11.3. The van der Waals surface area contributed by atoms with Crippen LogP contribution in [-0.4, -0.2) is 26.5 Å². The van der Waals surface area contributed by atoms with Gasteiger partial charge in [-0.25, -0.2) is 8.42 Å². The predicted molar refractivity (Wildman–Crippen MR) is 69.2 cm³/mol. The van der Waals surface area contributed by atoms with Crippen molar-refractivity contribution in [1.82, 2.24) is 0 Å². The molecule has 0 atom stereocenters. The molecule has 0 amide bonds. The molecule has 0 heterocycles. The van der Waals surface area contributed by atoms with Crippen LogP contribution in [0.25, 0.3) is 0 Å². The van der Waals surface area contributed by atoms with Gasteiger partial charge in [-0.1, -0.05) is 17.5 Å². The van der Waals surface area contributed by atoms with Crippen LogP contribution in [0.5, 0.6) is 5.75 Å². The maximum atomic E-state index is 11.3. The Morgan fingerprint density at radius 1 is 1.47 bits per heavy atom. The summed E-state index contributed by atoms with van der Waals surface area (Å²) in [5.41, 5.74) is 0.867. The lowest BCUT2D eigenvalue weighted by Gasteiger charge is -2.08. The molecule has 1 aromatic carbocycles. The van der Waals surface area contributed by atoms with Gasteiger partial charge in [-0.05, 0) is 30.7 Å². The third-order valence-corrected chi connectivity index (χ3v) is 3.72. The zero-order valence-corrected chi connectivity index (χ0v) is 11.0. The summed E-state index contributed by atoms with van der Waals surface area (Å²) in [6.07, 6.45) is 4.95. The lowest BCUT2D eigenvalue weighted by Crippen LogP contribution is -2.16. The second kappa shape index (κ2) is 5.95. The Bertz CT molecular complexity index is 529. The van der Waals surface area contributed by atoms with E-state index in [1.807, 2.05) is 6.92 Å². The van der Waals surface area contributed by atoms with Crippen LogP contribution in [0.2, 0.25) is 5.02 Å². The molecule has 0 unspecified atom stereocenters. The number of hydrogen-bond acceptors (Lipinski definition) is 3. The molecule has 3 nitrogen and oxygen atoms in total. The number of benzene rings is 1. The van der Waals surface area contributed by atoms with E-state index < -0.39 is 9.84 Å². The highest BCUT2D eigenvalue weighted by molar-refractivity contribution is 7.91. The van der Waals surface area contributed by atoms with E-state index in [-0.39, 0.29) is 18.1 Å². The molecule has 0 aliphatic rings. The van der Waals surface area contributed by atoms with Gasteiger partial charge in [0.25, 0.3) is 0 Å². The van der Waals surface area contributed by atoms with Gasteiger partial charge in [0.2, 0.25) is 0 Å². The van der Waals surface area contributed by atoms with Gasteiger partial charge in [0.05, 0.1) is 5.75 Å². The van der Waals surface area contributed by atoms with E-state index in [0.717, 1.165) is 5.56 Å². The van der Waals surface area contributed by atoms with Crippen molar-refractivity contribution in [2.75, 3.05) is 18.1 Å². The molecule has 0 aliphatic carbocycles. The monoisotopic (exact) mass is 272 g/mol. The van der Waals surface area contributed by atoms with Crippen molar-refractivity contribution in [3.8, 4) is 18.1 Å². The summed E-state index contributed by atoms with van der Waals surface area (Å²) in [6.45, 7) is 1.93. The number of ether oxygens (including phenoxy) is 1. The quantitative estimate of drug-likeness (QED) is 0.771. The molecule has 0 aromatic heterocycles. The van der Waals surface area contributed by atoms with Crippen molar-refractivity contribution in [3.63, 3.8) is 0 Å². The third-order valence-electron chi connectivity index (χ3n) is 2.09. The molecule has 0 spiro atoms. The average Bonchev–Trinajstić information content (AvgIpc) is 2.21. The van der Waals surface area contributed by atoms with Gasteiger partial charge in [-0.2, -0.15) is 0 Å². The van der Waals surface area contributed by atoms with Crippen molar-refractivity contribution in [2.24, 2.45) is 0 Å². The lowest BCUT2D eigenvalue weighted by atomic mass is 10.2. The minimum Gasteiger partial charge on any atom is -0.492 e. The van der Waals surface area contributed by atoms with Gasteiger partial charge < -0.3 is 4.74 Å². The first-order valence-electron chi connectivity index (χ1n) is 4.97. The highest BCUT2D eigenvalue weighted by Gasteiger charge is 2.09. The number of hydrogen-bond donors (Lipinski definition) is 0. The predicted octanol–water partition coefficient (Wildman–Crippen LogP) is 2.08. The van der Waals surface area contributed by atoms with Crippen LogP contribution in [0.3, 0.4) is 0 Å². The first kappa shape index (κ1) is 13.9. The Kier molecular flexibility index (Phi) is 4.86. The number of halogens is 1. The van der Waals surface area contributed by atoms with Crippen LogP contribution >= 0.6 is 11.6 Å². The molecule has 0 bridgehead atoms. The van der Waals surface area contributed by atoms with E-state index >= 15 is 0 Å². The molecule has 0 fully saturated rings. The fraction of sp³-hybridized carbons (Fsp3) is 0.333. The highest BCUT2D eigenvalue weighted by Crippen LogP contribution is 2.21. The standard InChI is InChI=1S/C12H13ClO3S/c1-3-7-17(14,15)8-6-16-12-5-4-11(13)9-10(12)2/h1,4-5,9H,6-8H2,2H3. The zero-order chi connectivity index (χ0) is 12.9. The lowest BCUT2D eigenvalue weighted by molar-refractivity contribution is 0.338. The normalized spacial score (nSPS) is 10.9. The fourth-order valence-electron chi connectivity index (χ4n) is 1.25. The van der Waals surface area contributed by atoms with Crippen LogP contribution < -0.4 is 4.74 Å². The minimum absolute atomic E-state index is 0.0841. The number of sulfone groups is 1. The summed E-state index contributed by atoms with van der Waals surface area (Å²) < 4.78 is 28.0. The van der Waals surface area contributed by atoms with Crippen molar-refractivity contribution in [2.45, 2.75) is 6.92 Å². The molecular weight excluding hydrogens is 260 g/mol. The first-order valence-corrected chi connectivity index (χ1v) is 7.17. The van der Waals surface area contributed by atoms with Crippen LogP contribution in [0, 0.1) is 19.3 Å². The number of aryl methyl sites for hydroxylation is 1. The Hall–Kier alpha value is -1.18. The van der Waals surface area contributed by atoms with Crippen molar-refractivity contribution < 1.29 is 13.2 Å². The van der Waals surface area contributed by atoms with Crippen molar-refractivity contribution >= 4 is 21.4 Å². The second-order valence-electron chi connectivity index (χ2n) is 3.55. The molecule has 0 saturated carbocycles. The van der Waals surface area contributed by atoms with Crippen LogP contribution in [0.4, 0.5) is 0 Å². The van der Waals surface area contributed by atoms with Gasteiger partial charge in [0, 0.05) is 5.02 Å². The molecule has 0 saturated heterocycles. The molecule has 1 aromatic rings. The second-order valence-corrected chi connectivity index (χ2v) is 6.17. The van der Waals surface area contributed by atoms with E-state index in [1.54, 1.807) is 18.2 Å². The van der Waals surface area contributed by atoms with E-state index in [2.05, 4.69) is 5.92 Å². The SMILES string of the molecule is C#CCS(=O)(=O)CCOc1ccc(Cl)cc1C. The zero-order valence-electron chi connectivity index (χ0n) is 9.44. The topological polar surface area (TPSA) is 43.4 Å². The van der Waals surface area contributed by atoms with Gasteiger partial charge in [-0.15, -0.1) is 6.42 Å². The summed E-state index contributed by atoms with van der Waals surface area (Å²) in [7, 11) is -3.21. The van der Waals surface area contributed by atoms with Gasteiger partial charge in [-0.3, -0.25) is 0 Å². The van der Waals surface area contributed by atoms with Crippen molar-refractivity contribution in [1.29, 1.82) is 0 Å². The Labute approximate surface area is 107 Å². The summed E-state index contributed by atoms with van der Waals surface area (Å²) in [5.74, 6) is 2.41. The minimum atomic E-state index is -3.21. The van der Waals surface area contributed by atoms with Crippen LogP contribution in [0.1, 0.15) is 5.56 Å². The van der Waals surface area contributed by atoms with E-state index in [4.69, 9.17) is 22.8 Å². The molecule has 5 heteroatoms. The molecule has 0 N–H and O–H groups in total. The highest BCUT2D eigenvalue weighted by atomic mass is 35.5. The molecular formula is C12H13ClO3S. The summed E-state index contributed by atoms with van der Waals surface area (Å²) in [5, 5.41) is 0.620. The van der Waals surface area contributed by atoms with E-state index in [9.17, 15) is 8.42 Å². The largest absolute Gasteiger partial charge is 0.492 e. The Balaban J connectivity index is 2.55. The Morgan fingerprint density at radius 2 is 2.18 bits per heavy atom. The number of rotatable bonds is 5. The van der Waals surface area contributed by atoms with E-state index in [0.29, 0.717) is 10.8 Å². The third kappa shape index (κ3) is 4.68. The summed E-state index contributed by atoms with van der Waals surface area (Å²) in [6, 6.07) is 5.16. The van der Waals surface area contributed by atoms with E-state index in [1.165, 1.54) is 0 Å². The molecule has 92 valence electrons. The maximum Gasteiger partial charge on any atom is 0.164 e. The molecule has 1 rings (SSSR count). The molecule has 17 heavy (non-hydrogen) atoms.